The average Bonchev–Trinajstić information content (AvgIpc) is 2.79. The summed E-state index contributed by atoms with van der Waals surface area (Å²) >= 11 is 0. The lowest BCUT2D eigenvalue weighted by Crippen LogP contribution is -2.72. The molecule has 0 saturated carbocycles. The number of carboxylic acid groups (broad SMARTS) is 2. The van der Waals surface area contributed by atoms with Crippen LogP contribution in [0.5, 0.6) is 0 Å². The van der Waals surface area contributed by atoms with Crippen LogP contribution in [0, 0.1) is 0 Å². The molecule has 0 saturated heterocycles. The number of carbonyl (C=O) groups excluding carboxylic acids is 2. The molecule has 12 heteroatoms. The Labute approximate surface area is 190 Å². The standard InChI is InChI=1S/2C9H9N.2C2HF3O2/c2*1-2-6-9-8(4-1)5-3-7-10-9;2*3-2(4,5)1(6)7/h2*1-4,6-7,10H,5H2;2*(H,6,7). The van der Waals surface area contributed by atoms with E-state index < -0.39 is 24.3 Å². The Hall–Kier alpha value is -3.64. The second-order valence-electron chi connectivity index (χ2n) is 6.57. The van der Waals surface area contributed by atoms with Crippen molar-refractivity contribution in [1.82, 2.24) is 0 Å². The maximum Gasteiger partial charge on any atom is 0.430 e. The van der Waals surface area contributed by atoms with Gasteiger partial charge in [-0.25, -0.2) is 0 Å². The van der Waals surface area contributed by atoms with Crippen molar-refractivity contribution >= 4 is 23.3 Å². The van der Waals surface area contributed by atoms with E-state index >= 15 is 0 Å². The molecule has 0 radical (unpaired) electrons. The van der Waals surface area contributed by atoms with E-state index in [9.17, 15) is 26.3 Å². The van der Waals surface area contributed by atoms with Crippen molar-refractivity contribution in [3.8, 4) is 0 Å². The van der Waals surface area contributed by atoms with Crippen LogP contribution in [0.2, 0.25) is 0 Å². The van der Waals surface area contributed by atoms with Crippen LogP contribution < -0.4 is 20.8 Å². The fraction of sp³-hybridized carbons (Fsp3) is 0.182. The van der Waals surface area contributed by atoms with E-state index in [1.165, 1.54) is 22.5 Å². The number of fused-ring (bicyclic) bond motifs is 2. The molecule has 4 rings (SSSR count). The molecule has 2 aliphatic rings. The van der Waals surface area contributed by atoms with E-state index in [-0.39, 0.29) is 0 Å². The van der Waals surface area contributed by atoms with Gasteiger partial charge >= 0.3 is 12.4 Å². The molecule has 2 aromatic carbocycles. The van der Waals surface area contributed by atoms with Crippen LogP contribution in [-0.4, -0.2) is 24.3 Å². The maximum atomic E-state index is 10.5. The number of aliphatic carboxylic acids is 2. The Bertz CT molecular complexity index is 881. The monoisotopic (exact) mass is 490 g/mol. The predicted molar refractivity (Wildman–Crippen MR) is 104 cm³/mol. The molecule has 184 valence electrons. The predicted octanol–water partition coefficient (Wildman–Crippen LogP) is 0.500. The third kappa shape index (κ3) is 10.8. The molecule has 0 fully saturated rings. The molecular weight excluding hydrogens is 470 g/mol. The largest absolute Gasteiger partial charge is 0.542 e. The minimum Gasteiger partial charge on any atom is -0.542 e. The van der Waals surface area contributed by atoms with Crippen LogP contribution in [0.25, 0.3) is 0 Å². The van der Waals surface area contributed by atoms with E-state index in [2.05, 4.69) is 83.7 Å². The molecule has 2 heterocycles. The van der Waals surface area contributed by atoms with Gasteiger partial charge in [-0.15, -0.1) is 0 Å². The maximum absolute atomic E-state index is 10.5. The fourth-order valence-corrected chi connectivity index (χ4v) is 2.50. The summed E-state index contributed by atoms with van der Waals surface area (Å²) in [6, 6.07) is 17.0. The number of carboxylic acids is 2. The highest BCUT2D eigenvalue weighted by atomic mass is 19.4. The Morgan fingerprint density at radius 2 is 0.941 bits per heavy atom. The Morgan fingerprint density at radius 1 is 0.647 bits per heavy atom. The quantitative estimate of drug-likeness (QED) is 0.414. The van der Waals surface area contributed by atoms with Crippen molar-refractivity contribution < 1.29 is 56.8 Å². The van der Waals surface area contributed by atoms with Gasteiger partial charge in [-0.2, -0.15) is 26.3 Å². The van der Waals surface area contributed by atoms with Gasteiger partial charge in [-0.1, -0.05) is 36.4 Å². The summed E-state index contributed by atoms with van der Waals surface area (Å²) in [6.45, 7) is 0. The summed E-state index contributed by atoms with van der Waals surface area (Å²) in [7, 11) is 0. The lowest BCUT2D eigenvalue weighted by Gasteiger charge is -2.05. The first-order valence-corrected chi connectivity index (χ1v) is 9.54. The zero-order valence-corrected chi connectivity index (χ0v) is 17.4. The molecular formula is C22H20F6N2O4. The Morgan fingerprint density at radius 3 is 1.21 bits per heavy atom. The molecule has 0 spiro atoms. The van der Waals surface area contributed by atoms with Crippen molar-refractivity contribution in [2.75, 3.05) is 0 Å². The molecule has 6 nitrogen and oxygen atoms in total. The zero-order chi connectivity index (χ0) is 25.8. The third-order valence-corrected chi connectivity index (χ3v) is 4.07. The summed E-state index contributed by atoms with van der Waals surface area (Å²) < 4.78 is 63.1. The Balaban J connectivity index is 0.000000231. The molecule has 0 atom stereocenters. The topological polar surface area (TPSA) is 113 Å². The van der Waals surface area contributed by atoms with Crippen LogP contribution in [0.4, 0.5) is 37.7 Å². The van der Waals surface area contributed by atoms with Gasteiger partial charge in [-0.05, 0) is 24.3 Å². The van der Waals surface area contributed by atoms with Gasteiger partial charge in [0.25, 0.3) is 0 Å². The first-order valence-electron chi connectivity index (χ1n) is 9.54. The highest BCUT2D eigenvalue weighted by Gasteiger charge is 2.29. The van der Waals surface area contributed by atoms with Gasteiger partial charge in [0.05, 0.1) is 12.4 Å². The first-order chi connectivity index (χ1) is 15.8. The summed E-state index contributed by atoms with van der Waals surface area (Å²) in [5.74, 6) is -6.01. The van der Waals surface area contributed by atoms with Crippen molar-refractivity contribution in [1.29, 1.82) is 0 Å². The number of para-hydroxylation sites is 2. The van der Waals surface area contributed by atoms with Crippen LogP contribution in [0.3, 0.4) is 0 Å². The van der Waals surface area contributed by atoms with Crippen LogP contribution in [-0.2, 0) is 22.4 Å². The number of allylic oxidation sites excluding steroid dienone is 2. The lowest BCUT2D eigenvalue weighted by atomic mass is 10.1. The number of nitrogens with two attached hydrogens (primary N) is 2. The van der Waals surface area contributed by atoms with Crippen molar-refractivity contribution in [2.45, 2.75) is 25.2 Å². The zero-order valence-electron chi connectivity index (χ0n) is 17.4. The number of rotatable bonds is 0. The minimum absolute atomic E-state index is 1.09. The molecule has 2 aliphatic heterocycles. The van der Waals surface area contributed by atoms with Crippen molar-refractivity contribution in [3.05, 3.63) is 84.2 Å². The molecule has 0 unspecified atom stereocenters. The minimum atomic E-state index is -5.19. The van der Waals surface area contributed by atoms with E-state index in [0.717, 1.165) is 12.8 Å². The molecule has 0 bridgehead atoms. The van der Waals surface area contributed by atoms with Gasteiger partial charge in [0.1, 0.15) is 23.3 Å². The number of alkyl halides is 6. The molecule has 0 aliphatic carbocycles. The number of hydrogen-bond donors (Lipinski definition) is 2. The fourth-order valence-electron chi connectivity index (χ4n) is 2.50. The van der Waals surface area contributed by atoms with Crippen molar-refractivity contribution in [2.24, 2.45) is 0 Å². The summed E-state index contributed by atoms with van der Waals surface area (Å²) in [4.78, 5) is 17.6. The van der Waals surface area contributed by atoms with E-state index in [0.29, 0.717) is 0 Å². The molecule has 4 N–H and O–H groups in total. The number of carbonyl (C=O) groups is 2. The van der Waals surface area contributed by atoms with Gasteiger partial charge in [0.2, 0.25) is 0 Å². The first kappa shape index (κ1) is 28.4. The van der Waals surface area contributed by atoms with Crippen molar-refractivity contribution in [3.63, 3.8) is 0 Å². The number of quaternary nitrogens is 2. The van der Waals surface area contributed by atoms with Gasteiger partial charge in [0, 0.05) is 24.0 Å². The third-order valence-electron chi connectivity index (χ3n) is 4.07. The summed E-state index contributed by atoms with van der Waals surface area (Å²) in [5.41, 5.74) is 5.60. The second-order valence-corrected chi connectivity index (χ2v) is 6.57. The lowest BCUT2D eigenvalue weighted by molar-refractivity contribution is -0.499. The van der Waals surface area contributed by atoms with E-state index in [4.69, 9.17) is 19.8 Å². The summed E-state index contributed by atoms with van der Waals surface area (Å²) in [6.07, 6.45) is 0.384. The Kier molecular flexibility index (Phi) is 11.0. The van der Waals surface area contributed by atoms with E-state index in [1.54, 1.807) is 0 Å². The second kappa shape index (κ2) is 13.2. The molecule has 2 aromatic rings. The number of benzene rings is 2. The SMILES string of the molecule is C1=C[NH2+]c2ccccc2C1.C1=C[NH2+]c2ccccc2C1.O=C([O-])C(F)(F)F.O=C([O-])C(F)(F)F. The normalized spacial score (nSPS) is 13.4. The van der Waals surface area contributed by atoms with Gasteiger partial charge in [0.15, 0.2) is 0 Å². The highest BCUT2D eigenvalue weighted by Crippen LogP contribution is 2.13. The average molecular weight is 490 g/mol. The van der Waals surface area contributed by atoms with E-state index in [1.807, 2.05) is 0 Å². The molecule has 0 aromatic heterocycles. The van der Waals surface area contributed by atoms with Gasteiger partial charge in [-0.3, -0.25) is 10.6 Å². The van der Waals surface area contributed by atoms with Crippen LogP contribution in [0.1, 0.15) is 11.1 Å². The smallest absolute Gasteiger partial charge is 0.430 e. The number of hydrogen-bond acceptors (Lipinski definition) is 4. The van der Waals surface area contributed by atoms with Crippen LogP contribution in [0.15, 0.2) is 73.1 Å². The number of halogens is 6. The molecule has 34 heavy (non-hydrogen) atoms. The highest BCUT2D eigenvalue weighted by molar-refractivity contribution is 5.71. The summed E-state index contributed by atoms with van der Waals surface area (Å²) in [5, 5.41) is 21.9. The van der Waals surface area contributed by atoms with Crippen LogP contribution >= 0.6 is 0 Å². The van der Waals surface area contributed by atoms with Gasteiger partial charge < -0.3 is 19.8 Å². The molecule has 0 amide bonds.